The normalized spacial score (nSPS) is 18.2. The zero-order chi connectivity index (χ0) is 8.43. The fourth-order valence-electron chi connectivity index (χ4n) is 1.07. The van der Waals surface area contributed by atoms with Crippen LogP contribution in [0.5, 0.6) is 0 Å². The van der Waals surface area contributed by atoms with Gasteiger partial charge >= 0.3 is 0 Å². The minimum absolute atomic E-state index is 0.966. The van der Waals surface area contributed by atoms with Crippen LogP contribution < -0.4 is 5.43 Å². The predicted octanol–water partition coefficient (Wildman–Crippen LogP) is 1.50. The first-order chi connectivity index (χ1) is 5.16. The summed E-state index contributed by atoms with van der Waals surface area (Å²) in [4.78, 5) is 2.12. The van der Waals surface area contributed by atoms with Crippen LogP contribution in [0.25, 0.3) is 0 Å². The lowest BCUT2D eigenvalue weighted by molar-refractivity contribution is 0.557. The Labute approximate surface area is 67.8 Å². The quantitative estimate of drug-likeness (QED) is 0.618. The number of nitrogens with zero attached hydrogens (tertiary/aromatic N) is 2. The van der Waals surface area contributed by atoms with Crippen LogP contribution >= 0.6 is 0 Å². The molecule has 62 valence electrons. The summed E-state index contributed by atoms with van der Waals surface area (Å²) < 4.78 is 0. The fraction of sp³-hybridized carbons (Fsp3) is 0.625. The Morgan fingerprint density at radius 1 is 1.45 bits per heavy atom. The molecule has 0 radical (unpaired) electrons. The molecular formula is C8H15N3. The highest BCUT2D eigenvalue weighted by Crippen LogP contribution is 2.11. The van der Waals surface area contributed by atoms with Gasteiger partial charge in [-0.25, -0.2) is 0 Å². The molecule has 0 atom stereocenters. The molecule has 0 unspecified atom stereocenters. The molecule has 0 amide bonds. The Bertz CT molecular complexity index is 215. The van der Waals surface area contributed by atoms with Crippen molar-refractivity contribution in [2.45, 2.75) is 27.2 Å². The minimum atomic E-state index is 0.966. The highest BCUT2D eigenvalue weighted by molar-refractivity contribution is 5.83. The second-order valence-corrected chi connectivity index (χ2v) is 2.76. The maximum Gasteiger partial charge on any atom is 0.128 e. The molecule has 0 aromatic heterocycles. The van der Waals surface area contributed by atoms with Crippen molar-refractivity contribution in [2.24, 2.45) is 5.10 Å². The summed E-state index contributed by atoms with van der Waals surface area (Å²) in [6, 6.07) is 0. The molecule has 0 saturated heterocycles. The summed E-state index contributed by atoms with van der Waals surface area (Å²) in [5, 5.41) is 4.20. The monoisotopic (exact) mass is 153 g/mol. The first kappa shape index (κ1) is 8.11. The van der Waals surface area contributed by atoms with Gasteiger partial charge in [0.25, 0.3) is 0 Å². The van der Waals surface area contributed by atoms with Gasteiger partial charge in [-0.3, -0.25) is 5.43 Å². The Hall–Kier alpha value is -0.990. The van der Waals surface area contributed by atoms with Crippen molar-refractivity contribution >= 4 is 5.84 Å². The van der Waals surface area contributed by atoms with Crippen molar-refractivity contribution in [3.8, 4) is 0 Å². The Morgan fingerprint density at radius 2 is 2.09 bits per heavy atom. The molecule has 1 aliphatic heterocycles. The van der Waals surface area contributed by atoms with E-state index in [-0.39, 0.29) is 0 Å². The largest absolute Gasteiger partial charge is 0.334 e. The molecule has 0 aromatic carbocycles. The second-order valence-electron chi connectivity index (χ2n) is 2.76. The first-order valence-electron chi connectivity index (χ1n) is 3.90. The van der Waals surface area contributed by atoms with Gasteiger partial charge in [-0.15, -0.1) is 0 Å². The number of allylic oxidation sites excluding steroid dienone is 2. The third-order valence-electron chi connectivity index (χ3n) is 2.10. The molecule has 0 aromatic rings. The maximum atomic E-state index is 4.20. The lowest BCUT2D eigenvalue weighted by atomic mass is 10.3. The van der Waals surface area contributed by atoms with Crippen LogP contribution in [-0.4, -0.2) is 17.8 Å². The van der Waals surface area contributed by atoms with Crippen LogP contribution in [0, 0.1) is 0 Å². The average molecular weight is 153 g/mol. The van der Waals surface area contributed by atoms with Crippen LogP contribution in [0.4, 0.5) is 0 Å². The van der Waals surface area contributed by atoms with E-state index in [1.807, 2.05) is 14.0 Å². The van der Waals surface area contributed by atoms with Crippen molar-refractivity contribution in [3.05, 3.63) is 11.4 Å². The van der Waals surface area contributed by atoms with Gasteiger partial charge in [0, 0.05) is 24.9 Å². The molecule has 1 rings (SSSR count). The summed E-state index contributed by atoms with van der Waals surface area (Å²) in [6.45, 7) is 6.22. The maximum absolute atomic E-state index is 4.20. The predicted molar refractivity (Wildman–Crippen MR) is 47.0 cm³/mol. The summed E-state index contributed by atoms with van der Waals surface area (Å²) in [7, 11) is 2.04. The highest BCUT2D eigenvalue weighted by Gasteiger charge is 2.12. The van der Waals surface area contributed by atoms with Crippen molar-refractivity contribution in [2.75, 3.05) is 7.05 Å². The molecule has 0 spiro atoms. The Morgan fingerprint density at radius 3 is 2.64 bits per heavy atom. The van der Waals surface area contributed by atoms with E-state index in [0.29, 0.717) is 0 Å². The van der Waals surface area contributed by atoms with E-state index in [0.717, 1.165) is 18.0 Å². The van der Waals surface area contributed by atoms with E-state index in [4.69, 9.17) is 0 Å². The van der Waals surface area contributed by atoms with Crippen LogP contribution in [-0.2, 0) is 0 Å². The molecular weight excluding hydrogens is 138 g/mol. The fourth-order valence-corrected chi connectivity index (χ4v) is 1.07. The molecule has 0 saturated carbocycles. The third-order valence-corrected chi connectivity index (χ3v) is 2.10. The zero-order valence-electron chi connectivity index (χ0n) is 7.60. The van der Waals surface area contributed by atoms with Crippen molar-refractivity contribution in [3.63, 3.8) is 0 Å². The molecule has 11 heavy (non-hydrogen) atoms. The SMILES string of the molecule is CCC1=NNC(C)=C(C)N1C. The van der Waals surface area contributed by atoms with Gasteiger partial charge in [-0.2, -0.15) is 5.10 Å². The van der Waals surface area contributed by atoms with E-state index in [1.54, 1.807) is 0 Å². The van der Waals surface area contributed by atoms with E-state index >= 15 is 0 Å². The minimum Gasteiger partial charge on any atom is -0.334 e. The molecule has 0 aliphatic carbocycles. The van der Waals surface area contributed by atoms with Crippen molar-refractivity contribution in [1.82, 2.24) is 10.3 Å². The number of hydrogen-bond acceptors (Lipinski definition) is 3. The van der Waals surface area contributed by atoms with E-state index in [2.05, 4.69) is 29.3 Å². The molecule has 3 nitrogen and oxygen atoms in total. The number of rotatable bonds is 1. The molecule has 1 aliphatic rings. The standard InChI is InChI=1S/C8H15N3/c1-5-8-10-9-6(2)7(3)11(8)4/h9H,5H2,1-4H3. The van der Waals surface area contributed by atoms with Crippen molar-refractivity contribution < 1.29 is 0 Å². The van der Waals surface area contributed by atoms with Gasteiger partial charge in [0.05, 0.1) is 0 Å². The first-order valence-corrected chi connectivity index (χ1v) is 3.90. The van der Waals surface area contributed by atoms with Crippen LogP contribution in [0.2, 0.25) is 0 Å². The third kappa shape index (κ3) is 1.37. The van der Waals surface area contributed by atoms with Gasteiger partial charge in [-0.05, 0) is 13.8 Å². The number of hydrogen-bond donors (Lipinski definition) is 1. The number of nitrogens with one attached hydrogen (secondary N) is 1. The summed E-state index contributed by atoms with van der Waals surface area (Å²) in [6.07, 6.45) is 0.966. The van der Waals surface area contributed by atoms with Crippen LogP contribution in [0.15, 0.2) is 16.5 Å². The lowest BCUT2D eigenvalue weighted by Crippen LogP contribution is -2.32. The number of amidine groups is 1. The topological polar surface area (TPSA) is 27.6 Å². The van der Waals surface area contributed by atoms with Crippen molar-refractivity contribution in [1.29, 1.82) is 0 Å². The van der Waals surface area contributed by atoms with E-state index in [9.17, 15) is 0 Å². The van der Waals surface area contributed by atoms with Gasteiger partial charge in [0.15, 0.2) is 0 Å². The lowest BCUT2D eigenvalue weighted by Gasteiger charge is -2.27. The van der Waals surface area contributed by atoms with Gasteiger partial charge in [-0.1, -0.05) is 6.92 Å². The Balaban J connectivity index is 2.82. The summed E-state index contributed by atoms with van der Waals surface area (Å²) in [5.41, 5.74) is 5.37. The average Bonchev–Trinajstić information content (AvgIpc) is 2.01. The second kappa shape index (κ2) is 2.95. The zero-order valence-corrected chi connectivity index (χ0v) is 7.60. The molecule has 0 fully saturated rings. The van der Waals surface area contributed by atoms with Gasteiger partial charge in [0.2, 0.25) is 0 Å². The summed E-state index contributed by atoms with van der Waals surface area (Å²) >= 11 is 0. The molecule has 0 bridgehead atoms. The number of hydrazone groups is 1. The highest BCUT2D eigenvalue weighted by atomic mass is 15.4. The Kier molecular flexibility index (Phi) is 2.17. The van der Waals surface area contributed by atoms with Crippen LogP contribution in [0.1, 0.15) is 27.2 Å². The summed E-state index contributed by atoms with van der Waals surface area (Å²) in [5.74, 6) is 1.09. The van der Waals surface area contributed by atoms with Gasteiger partial charge < -0.3 is 4.90 Å². The van der Waals surface area contributed by atoms with E-state index in [1.165, 1.54) is 5.70 Å². The molecule has 1 N–H and O–H groups in total. The smallest absolute Gasteiger partial charge is 0.128 e. The molecule has 3 heteroatoms. The molecule has 1 heterocycles. The van der Waals surface area contributed by atoms with Gasteiger partial charge in [0.1, 0.15) is 5.84 Å². The van der Waals surface area contributed by atoms with Crippen LogP contribution in [0.3, 0.4) is 0 Å². The van der Waals surface area contributed by atoms with E-state index < -0.39 is 0 Å².